The quantitative estimate of drug-likeness (QED) is 0.244. The highest BCUT2D eigenvalue weighted by molar-refractivity contribution is 8.13. The first-order valence-corrected chi connectivity index (χ1v) is 6.65. The van der Waals surface area contributed by atoms with Gasteiger partial charge in [0.05, 0.1) is 0 Å². The van der Waals surface area contributed by atoms with Crippen LogP contribution in [-0.2, 0) is 0 Å². The highest BCUT2D eigenvalue weighted by Gasteiger charge is 2.07. The first-order valence-electron chi connectivity index (χ1n) is 4.94. The van der Waals surface area contributed by atoms with Gasteiger partial charge in [0.15, 0.2) is 0 Å². The van der Waals surface area contributed by atoms with Crippen molar-refractivity contribution in [1.29, 1.82) is 0 Å². The van der Waals surface area contributed by atoms with Crippen molar-refractivity contribution in [1.82, 2.24) is 15.5 Å². The van der Waals surface area contributed by atoms with Gasteiger partial charge in [0.25, 0.3) is 0 Å². The van der Waals surface area contributed by atoms with Crippen LogP contribution in [0.4, 0.5) is 0 Å². The first kappa shape index (κ1) is 16.6. The lowest BCUT2D eigenvalue weighted by Crippen LogP contribution is -2.38. The van der Waals surface area contributed by atoms with E-state index in [1.165, 1.54) is 0 Å². The van der Waals surface area contributed by atoms with E-state index in [1.54, 1.807) is 4.90 Å². The van der Waals surface area contributed by atoms with Gasteiger partial charge in [-0.25, -0.2) is 0 Å². The van der Waals surface area contributed by atoms with Gasteiger partial charge in [0.2, 0.25) is 0 Å². The summed E-state index contributed by atoms with van der Waals surface area (Å²) in [7, 11) is 0. The molecule has 0 heterocycles. The molecule has 0 aliphatic carbocycles. The number of thiocarbonyl (C=S) groups is 2. The molecule has 0 aromatic heterocycles. The SMILES string of the molecule is NCCNCCNCCN(C(=S)S)C(=S)S. The minimum absolute atomic E-state index is 0.447. The van der Waals surface area contributed by atoms with Gasteiger partial charge in [-0.2, -0.15) is 0 Å². The highest BCUT2D eigenvalue weighted by atomic mass is 32.1. The number of thiol groups is 2. The molecular weight excluding hydrogens is 280 g/mol. The zero-order valence-electron chi connectivity index (χ0n) is 8.98. The molecule has 0 unspecified atom stereocenters. The van der Waals surface area contributed by atoms with Crippen LogP contribution in [0.3, 0.4) is 0 Å². The Balaban J connectivity index is 3.48. The lowest BCUT2D eigenvalue weighted by atomic mass is 10.5. The molecule has 4 nitrogen and oxygen atoms in total. The zero-order valence-corrected chi connectivity index (χ0v) is 12.4. The van der Waals surface area contributed by atoms with Crippen molar-refractivity contribution in [2.75, 3.05) is 39.3 Å². The molecule has 0 amide bonds. The molecule has 16 heavy (non-hydrogen) atoms. The summed E-state index contributed by atoms with van der Waals surface area (Å²) in [6.07, 6.45) is 0. The molecule has 0 fully saturated rings. The summed E-state index contributed by atoms with van der Waals surface area (Å²) in [5.74, 6) is 0. The predicted octanol–water partition coefficient (Wildman–Crippen LogP) is -0.144. The van der Waals surface area contributed by atoms with E-state index in [4.69, 9.17) is 30.2 Å². The summed E-state index contributed by atoms with van der Waals surface area (Å²) < 4.78 is 0.895. The second-order valence-corrected chi connectivity index (χ2v) is 5.23. The Bertz CT molecular complexity index is 210. The molecule has 0 radical (unpaired) electrons. The van der Waals surface area contributed by atoms with Crippen LogP contribution in [-0.4, -0.2) is 52.8 Å². The van der Waals surface area contributed by atoms with Crippen molar-refractivity contribution in [3.05, 3.63) is 0 Å². The average Bonchev–Trinajstić information content (AvgIpc) is 2.21. The van der Waals surface area contributed by atoms with Crippen LogP contribution in [0.5, 0.6) is 0 Å². The Morgan fingerprint density at radius 1 is 1.00 bits per heavy atom. The van der Waals surface area contributed by atoms with Crippen LogP contribution >= 0.6 is 49.7 Å². The summed E-state index contributed by atoms with van der Waals surface area (Å²) in [5, 5.41) is 6.44. The van der Waals surface area contributed by atoms with Crippen LogP contribution in [0.1, 0.15) is 0 Å². The van der Waals surface area contributed by atoms with Crippen LogP contribution in [0.25, 0.3) is 0 Å². The van der Waals surface area contributed by atoms with Gasteiger partial charge in [-0.15, -0.1) is 25.3 Å². The van der Waals surface area contributed by atoms with Crippen molar-refractivity contribution >= 4 is 58.3 Å². The van der Waals surface area contributed by atoms with E-state index in [-0.39, 0.29) is 0 Å². The molecule has 0 aromatic carbocycles. The summed E-state index contributed by atoms with van der Waals surface area (Å²) in [6.45, 7) is 4.75. The molecule has 0 atom stereocenters. The van der Waals surface area contributed by atoms with Gasteiger partial charge in [-0.05, 0) is 0 Å². The van der Waals surface area contributed by atoms with Gasteiger partial charge in [0.1, 0.15) is 8.64 Å². The summed E-state index contributed by atoms with van der Waals surface area (Å²) >= 11 is 18.0. The monoisotopic (exact) mass is 298 g/mol. The molecule has 0 aliphatic rings. The van der Waals surface area contributed by atoms with Crippen molar-refractivity contribution in [2.24, 2.45) is 5.73 Å². The van der Waals surface area contributed by atoms with E-state index >= 15 is 0 Å². The first-order chi connectivity index (χ1) is 7.59. The van der Waals surface area contributed by atoms with Crippen molar-refractivity contribution in [2.45, 2.75) is 0 Å². The average molecular weight is 299 g/mol. The number of rotatable bonds is 8. The van der Waals surface area contributed by atoms with Gasteiger partial charge in [-0.3, -0.25) is 0 Å². The van der Waals surface area contributed by atoms with E-state index in [0.29, 0.717) is 21.7 Å². The summed E-state index contributed by atoms with van der Waals surface area (Å²) in [5.41, 5.74) is 5.34. The minimum atomic E-state index is 0.447. The van der Waals surface area contributed by atoms with Gasteiger partial charge in [-0.1, -0.05) is 24.4 Å². The molecule has 8 heteroatoms. The normalized spacial score (nSPS) is 10.2. The maximum atomic E-state index is 5.34. The largest absolute Gasteiger partial charge is 0.329 e. The van der Waals surface area contributed by atoms with Crippen molar-refractivity contribution < 1.29 is 0 Å². The number of nitrogens with zero attached hydrogens (tertiary/aromatic N) is 1. The van der Waals surface area contributed by atoms with Crippen LogP contribution in [0, 0.1) is 0 Å². The Kier molecular flexibility index (Phi) is 11.1. The van der Waals surface area contributed by atoms with E-state index in [0.717, 1.165) is 26.2 Å². The standard InChI is InChI=1S/C8H18N4S4/c9-1-2-10-3-4-11-5-6-12(7(13)14)8(15)16/h10-11H,1-6,9H2,(H,13,14)(H,15,16). The predicted molar refractivity (Wildman–Crippen MR) is 84.7 cm³/mol. The fraction of sp³-hybridized carbons (Fsp3) is 0.750. The molecule has 0 saturated heterocycles. The van der Waals surface area contributed by atoms with Gasteiger partial charge < -0.3 is 21.3 Å². The van der Waals surface area contributed by atoms with E-state index in [9.17, 15) is 0 Å². The molecule has 4 N–H and O–H groups in total. The molecule has 94 valence electrons. The molecule has 0 aromatic rings. The Morgan fingerprint density at radius 2 is 1.50 bits per heavy atom. The van der Waals surface area contributed by atoms with E-state index < -0.39 is 0 Å². The third-order valence-electron chi connectivity index (χ3n) is 1.77. The zero-order chi connectivity index (χ0) is 12.4. The highest BCUT2D eigenvalue weighted by Crippen LogP contribution is 2.01. The van der Waals surface area contributed by atoms with E-state index in [1.807, 2.05) is 0 Å². The smallest absolute Gasteiger partial charge is 0.138 e. The molecule has 0 aliphatic heterocycles. The lowest BCUT2D eigenvalue weighted by molar-refractivity contribution is 0.559. The molecule has 0 bridgehead atoms. The fourth-order valence-electron chi connectivity index (χ4n) is 0.993. The minimum Gasteiger partial charge on any atom is -0.329 e. The Morgan fingerprint density at radius 3 is 1.94 bits per heavy atom. The second kappa shape index (κ2) is 10.7. The van der Waals surface area contributed by atoms with Gasteiger partial charge in [0, 0.05) is 39.3 Å². The van der Waals surface area contributed by atoms with Crippen LogP contribution < -0.4 is 16.4 Å². The summed E-state index contributed by atoms with van der Waals surface area (Å²) in [4.78, 5) is 1.69. The molecule has 0 rings (SSSR count). The molecule has 0 spiro atoms. The maximum Gasteiger partial charge on any atom is 0.138 e. The fourth-order valence-corrected chi connectivity index (χ4v) is 2.03. The molecular formula is C8H18N4S4. The van der Waals surface area contributed by atoms with Crippen molar-refractivity contribution in [3.8, 4) is 0 Å². The number of nitrogens with one attached hydrogen (secondary N) is 2. The van der Waals surface area contributed by atoms with E-state index in [2.05, 4.69) is 35.9 Å². The third-order valence-corrected chi connectivity index (χ3v) is 2.70. The topological polar surface area (TPSA) is 53.3 Å². The Labute approximate surface area is 119 Å². The maximum absolute atomic E-state index is 5.34. The second-order valence-electron chi connectivity index (χ2n) is 3.01. The number of hydrogen-bond acceptors (Lipinski definition) is 5. The molecule has 0 saturated carbocycles. The van der Waals surface area contributed by atoms with Crippen LogP contribution in [0.2, 0.25) is 0 Å². The number of nitrogens with two attached hydrogens (primary N) is 1. The third kappa shape index (κ3) is 8.68. The van der Waals surface area contributed by atoms with Crippen LogP contribution in [0.15, 0.2) is 0 Å². The van der Waals surface area contributed by atoms with Crippen molar-refractivity contribution in [3.63, 3.8) is 0 Å². The van der Waals surface area contributed by atoms with Gasteiger partial charge >= 0.3 is 0 Å². The lowest BCUT2D eigenvalue weighted by Gasteiger charge is -2.20. The number of hydrogen-bond donors (Lipinski definition) is 5. The summed E-state index contributed by atoms with van der Waals surface area (Å²) in [6, 6.07) is 0. The Hall–Kier alpha value is 0.560.